The number of nitrogens with zero attached hydrogens (tertiary/aromatic N) is 2. The maximum atomic E-state index is 14.5. The van der Waals surface area contributed by atoms with Crippen molar-refractivity contribution in [2.45, 2.75) is 173 Å². The third-order valence-corrected chi connectivity index (χ3v) is 15.1. The summed E-state index contributed by atoms with van der Waals surface area (Å²) in [5, 5.41) is 43.0. The van der Waals surface area contributed by atoms with E-state index in [2.05, 4.69) is 0 Å². The third-order valence-electron chi connectivity index (χ3n) is 15.1. The van der Waals surface area contributed by atoms with Crippen molar-refractivity contribution >= 4 is 29.5 Å². The first-order valence-electron chi connectivity index (χ1n) is 24.8. The lowest BCUT2D eigenvalue weighted by atomic mass is 9.82. The topological polar surface area (TPSA) is 219 Å². The van der Waals surface area contributed by atoms with E-state index in [1.54, 1.807) is 30.9 Å². The Kier molecular flexibility index (Phi) is 20.6. The molecule has 0 spiro atoms. The molecule has 0 aromatic carbocycles. The minimum atomic E-state index is -2.54. The molecule has 5 rings (SSSR count). The maximum absolute atomic E-state index is 14.5. The molecule has 0 aromatic heterocycles. The van der Waals surface area contributed by atoms with Crippen molar-refractivity contribution in [3.05, 3.63) is 35.5 Å². The van der Waals surface area contributed by atoms with Crippen LogP contribution in [0.5, 0.6) is 0 Å². The van der Waals surface area contributed by atoms with E-state index in [1.807, 2.05) is 32.9 Å². The summed E-state index contributed by atoms with van der Waals surface area (Å²) in [6.45, 7) is 10.2. The van der Waals surface area contributed by atoms with Gasteiger partial charge in [0.15, 0.2) is 0 Å². The fraction of sp³-hybridized carbons (Fsp3) is 0.784. The van der Waals surface area contributed by atoms with Gasteiger partial charge in [0, 0.05) is 64.6 Å². The van der Waals surface area contributed by atoms with Crippen LogP contribution in [-0.2, 0) is 42.9 Å². The average Bonchev–Trinajstić information content (AvgIpc) is 3.32. The molecule has 4 N–H and O–H groups in total. The number of aliphatic hydroxyl groups is 4. The average molecular weight is 945 g/mol. The number of esters is 1. The summed E-state index contributed by atoms with van der Waals surface area (Å²) in [4.78, 5) is 73.3. The highest BCUT2D eigenvalue weighted by Crippen LogP contribution is 2.39. The van der Waals surface area contributed by atoms with Gasteiger partial charge >= 0.3 is 12.1 Å². The fourth-order valence-electron chi connectivity index (χ4n) is 10.9. The van der Waals surface area contributed by atoms with E-state index < -0.39 is 77.8 Å². The molecule has 0 aromatic rings. The SMILES string of the molecule is CO[C@H]1C[C@@H](C)C/C(C)=C/[C@@H](C/C=C/CO)C(=O)C[C@H](O)[C@@H](C)[C@@H](/C(C)=C/[C@H]2CC[C@H](OC(=O)N3CCC(CO)CC3)CC2)OC(=O)[C@@H]2CCCCN2C(=O)C(=O)[C@]2(O)O[C@H]1[C@@H](OC)C[C@H]2C. The van der Waals surface area contributed by atoms with Crippen molar-refractivity contribution in [3.8, 4) is 0 Å². The molecule has 378 valence electrons. The van der Waals surface area contributed by atoms with Crippen LogP contribution in [0.25, 0.3) is 0 Å². The van der Waals surface area contributed by atoms with Crippen LogP contribution >= 0.6 is 0 Å². The Morgan fingerprint density at radius 2 is 1.57 bits per heavy atom. The predicted molar refractivity (Wildman–Crippen MR) is 248 cm³/mol. The third kappa shape index (κ3) is 14.1. The number of ketones is 2. The number of piperidine rings is 2. The van der Waals surface area contributed by atoms with E-state index in [0.29, 0.717) is 76.5 Å². The summed E-state index contributed by atoms with van der Waals surface area (Å²) in [7, 11) is 3.03. The highest BCUT2D eigenvalue weighted by molar-refractivity contribution is 6.39. The highest BCUT2D eigenvalue weighted by atomic mass is 16.7. The Bertz CT molecular complexity index is 1770. The van der Waals surface area contributed by atoms with Gasteiger partial charge in [-0.25, -0.2) is 9.59 Å². The molecule has 5 aliphatic rings. The van der Waals surface area contributed by atoms with Gasteiger partial charge < -0.3 is 53.9 Å². The van der Waals surface area contributed by atoms with Crippen LogP contribution < -0.4 is 0 Å². The number of carbonyl (C=O) groups excluding carboxylic acids is 5. The van der Waals surface area contributed by atoms with Gasteiger partial charge in [-0.3, -0.25) is 14.4 Å². The van der Waals surface area contributed by atoms with Crippen LogP contribution in [0.4, 0.5) is 4.79 Å². The molecule has 11 atom stereocenters. The highest BCUT2D eigenvalue weighted by Gasteiger charge is 2.56. The molecule has 4 aliphatic heterocycles. The number of fused-ring (bicyclic) bond motifs is 3. The number of hydrogen-bond donors (Lipinski definition) is 4. The molecule has 2 amide bonds. The van der Waals surface area contributed by atoms with Gasteiger partial charge in [0.05, 0.1) is 24.9 Å². The molecule has 4 fully saturated rings. The van der Waals surface area contributed by atoms with Crippen LogP contribution in [0.15, 0.2) is 35.5 Å². The normalized spacial score (nSPS) is 37.3. The molecule has 2 bridgehead atoms. The molecular formula is C51H80N2O14. The van der Waals surface area contributed by atoms with E-state index >= 15 is 0 Å². The van der Waals surface area contributed by atoms with Crippen molar-refractivity contribution in [2.75, 3.05) is 47.1 Å². The Morgan fingerprint density at radius 3 is 2.21 bits per heavy atom. The Morgan fingerprint density at radius 1 is 0.896 bits per heavy atom. The molecule has 0 radical (unpaired) electrons. The standard InChI is InChI=1S/C51H80N2O14/c1-31-24-32(2)26-43(63-6)46-44(64-7)28-34(4)51(62,67-46)47(58)48(59)53-20-10-8-13-40(53)49(60)66-45(35(5)41(56)29-42(57)38(25-31)12-9-11-23-54)33(3)27-36-14-16-39(17-15-36)65-50(61)52-21-18-37(30-55)19-22-52/h9,11,25,27,32,34-41,43-46,54-56,62H,8,10,12-24,26,28-30H2,1-7H3/b11-9+,31-25+,33-27+/t32-,34+,35+,36-,38+,39-,40-,41-,43-,44-,45+,46+,51+/m0/s1. The van der Waals surface area contributed by atoms with Crippen LogP contribution in [0, 0.1) is 35.5 Å². The first-order valence-corrected chi connectivity index (χ1v) is 24.8. The van der Waals surface area contributed by atoms with E-state index in [0.717, 1.165) is 18.4 Å². The molecular weight excluding hydrogens is 865 g/mol. The molecule has 16 heteroatoms. The lowest BCUT2D eigenvalue weighted by Gasteiger charge is -2.47. The van der Waals surface area contributed by atoms with E-state index in [-0.39, 0.29) is 74.8 Å². The van der Waals surface area contributed by atoms with Crippen molar-refractivity contribution < 1.29 is 68.1 Å². The Hall–Kier alpha value is -3.51. The lowest BCUT2D eigenvalue weighted by Crippen LogP contribution is -2.64. The predicted octanol–water partition coefficient (Wildman–Crippen LogP) is 5.23. The monoisotopic (exact) mass is 945 g/mol. The van der Waals surface area contributed by atoms with E-state index in [9.17, 15) is 44.4 Å². The van der Waals surface area contributed by atoms with E-state index in [4.69, 9.17) is 23.7 Å². The summed E-state index contributed by atoms with van der Waals surface area (Å²) in [6, 6.07) is -1.17. The smallest absolute Gasteiger partial charge is 0.410 e. The summed E-state index contributed by atoms with van der Waals surface area (Å²) < 4.78 is 30.3. The number of cyclic esters (lactones) is 1. The number of carbonyl (C=O) groups is 5. The van der Waals surface area contributed by atoms with Gasteiger partial charge in [0.25, 0.3) is 11.7 Å². The van der Waals surface area contributed by atoms with Gasteiger partial charge in [-0.1, -0.05) is 50.6 Å². The lowest BCUT2D eigenvalue weighted by molar-refractivity contribution is -0.302. The zero-order valence-corrected chi connectivity index (χ0v) is 41.0. The second-order valence-corrected chi connectivity index (χ2v) is 20.3. The number of amides is 2. The Labute approximate surface area is 397 Å². The molecule has 3 saturated heterocycles. The van der Waals surface area contributed by atoms with E-state index in [1.165, 1.54) is 19.1 Å². The molecule has 0 unspecified atom stereocenters. The molecule has 1 saturated carbocycles. The maximum Gasteiger partial charge on any atom is 0.410 e. The minimum absolute atomic E-state index is 0.0331. The van der Waals surface area contributed by atoms with Crippen LogP contribution in [0.3, 0.4) is 0 Å². The molecule has 4 heterocycles. The first kappa shape index (κ1) is 54.4. The molecule has 16 nitrogen and oxygen atoms in total. The van der Waals surface area contributed by atoms with Gasteiger partial charge in [-0.05, 0) is 121 Å². The van der Waals surface area contributed by atoms with Gasteiger partial charge in [-0.2, -0.15) is 0 Å². The minimum Gasteiger partial charge on any atom is -0.456 e. The van der Waals surface area contributed by atoms with Gasteiger partial charge in [-0.15, -0.1) is 0 Å². The van der Waals surface area contributed by atoms with Crippen LogP contribution in [0.1, 0.15) is 125 Å². The summed E-state index contributed by atoms with van der Waals surface area (Å²) >= 11 is 0. The number of likely N-dealkylation sites (tertiary alicyclic amines) is 1. The molecule has 67 heavy (non-hydrogen) atoms. The van der Waals surface area contributed by atoms with Crippen molar-refractivity contribution in [2.24, 2.45) is 35.5 Å². The van der Waals surface area contributed by atoms with Crippen molar-refractivity contribution in [1.29, 1.82) is 0 Å². The number of rotatable bonds is 9. The Balaban J connectivity index is 1.45. The zero-order chi connectivity index (χ0) is 49.0. The second-order valence-electron chi connectivity index (χ2n) is 20.3. The van der Waals surface area contributed by atoms with Crippen molar-refractivity contribution in [3.63, 3.8) is 0 Å². The number of aliphatic hydroxyl groups excluding tert-OH is 3. The number of allylic oxidation sites excluding steroid dienone is 4. The first-order chi connectivity index (χ1) is 31.9. The zero-order valence-electron chi connectivity index (χ0n) is 41.0. The van der Waals surface area contributed by atoms with Crippen molar-refractivity contribution in [1.82, 2.24) is 9.80 Å². The number of ether oxygens (including phenoxy) is 5. The summed E-state index contributed by atoms with van der Waals surface area (Å²) in [5.41, 5.74) is 1.57. The van der Waals surface area contributed by atoms with Crippen LogP contribution in [0.2, 0.25) is 0 Å². The molecule has 1 aliphatic carbocycles. The number of Topliss-reactive ketones (excluding diaryl/α,β-unsaturated/α-hetero) is 2. The summed E-state index contributed by atoms with van der Waals surface area (Å²) in [5.74, 6) is -7.83. The summed E-state index contributed by atoms with van der Waals surface area (Å²) in [6.07, 6.45) is 8.86. The largest absolute Gasteiger partial charge is 0.456 e. The van der Waals surface area contributed by atoms with Gasteiger partial charge in [0.2, 0.25) is 5.79 Å². The quantitative estimate of drug-likeness (QED) is 0.132. The van der Waals surface area contributed by atoms with Crippen LogP contribution in [-0.4, -0.2) is 155 Å². The second kappa shape index (κ2) is 25.4. The fourth-order valence-corrected chi connectivity index (χ4v) is 10.9. The number of methoxy groups -OCH3 is 2. The number of hydrogen-bond acceptors (Lipinski definition) is 14. The van der Waals surface area contributed by atoms with Gasteiger partial charge in [0.1, 0.15) is 30.1 Å².